The van der Waals surface area contributed by atoms with Gasteiger partial charge in [0.15, 0.2) is 0 Å². The topological polar surface area (TPSA) is 70.2 Å². The van der Waals surface area contributed by atoms with Crippen molar-refractivity contribution in [2.45, 2.75) is 6.92 Å². The molecule has 2 amide bonds. The average molecular weight is 270 g/mol. The lowest BCUT2D eigenvalue weighted by Gasteiger charge is -2.11. The molecular weight excluding hydrogens is 254 g/mol. The van der Waals surface area contributed by atoms with E-state index >= 15 is 0 Å². The van der Waals surface area contributed by atoms with Crippen LogP contribution in [0.5, 0.6) is 0 Å². The lowest BCUT2D eigenvalue weighted by molar-refractivity contribution is -0.119. The van der Waals surface area contributed by atoms with Crippen molar-refractivity contribution in [3.05, 3.63) is 28.8 Å². The zero-order valence-electron chi connectivity index (χ0n) is 10.3. The van der Waals surface area contributed by atoms with Gasteiger partial charge in [0.2, 0.25) is 5.91 Å². The Morgan fingerprint density at radius 3 is 2.67 bits per heavy atom. The van der Waals surface area contributed by atoms with Crippen molar-refractivity contribution in [2.75, 3.05) is 25.5 Å². The van der Waals surface area contributed by atoms with E-state index in [9.17, 15) is 9.59 Å². The summed E-state index contributed by atoms with van der Waals surface area (Å²) in [7, 11) is 1.51. The van der Waals surface area contributed by atoms with Crippen LogP contribution in [0.4, 0.5) is 5.69 Å². The minimum absolute atomic E-state index is 0.0621. The van der Waals surface area contributed by atoms with Crippen LogP contribution < -0.4 is 16.0 Å². The van der Waals surface area contributed by atoms with Gasteiger partial charge in [0.05, 0.1) is 12.1 Å². The molecule has 0 fully saturated rings. The monoisotopic (exact) mass is 269 g/mol. The second kappa shape index (κ2) is 6.86. The first-order chi connectivity index (χ1) is 8.58. The number of halogens is 1. The Morgan fingerprint density at radius 2 is 2.06 bits per heavy atom. The molecule has 0 aliphatic heterocycles. The normalized spacial score (nSPS) is 9.72. The summed E-state index contributed by atoms with van der Waals surface area (Å²) in [6.07, 6.45) is 0. The fourth-order valence-corrected chi connectivity index (χ4v) is 1.57. The fraction of sp³-hybridized carbons (Fsp3) is 0.333. The second-order valence-electron chi connectivity index (χ2n) is 3.58. The lowest BCUT2D eigenvalue weighted by atomic mass is 10.1. The Balaban J connectivity index is 2.82. The van der Waals surface area contributed by atoms with Gasteiger partial charge in [-0.25, -0.2) is 0 Å². The Bertz CT molecular complexity index is 449. The Hall–Kier alpha value is -1.75. The highest BCUT2D eigenvalue weighted by molar-refractivity contribution is 6.31. The van der Waals surface area contributed by atoms with E-state index in [1.54, 1.807) is 18.2 Å². The van der Waals surface area contributed by atoms with Crippen LogP contribution in [0.15, 0.2) is 18.2 Å². The van der Waals surface area contributed by atoms with E-state index in [-0.39, 0.29) is 18.4 Å². The molecule has 0 atom stereocenters. The number of hydrogen-bond acceptors (Lipinski definition) is 3. The van der Waals surface area contributed by atoms with Crippen LogP contribution in [0.1, 0.15) is 17.3 Å². The third kappa shape index (κ3) is 3.92. The zero-order valence-corrected chi connectivity index (χ0v) is 11.1. The summed E-state index contributed by atoms with van der Waals surface area (Å²) in [4.78, 5) is 23.0. The van der Waals surface area contributed by atoms with Crippen LogP contribution in [0.25, 0.3) is 0 Å². The van der Waals surface area contributed by atoms with Gasteiger partial charge in [-0.3, -0.25) is 9.59 Å². The highest BCUT2D eigenvalue weighted by atomic mass is 35.5. The van der Waals surface area contributed by atoms with Gasteiger partial charge in [-0.15, -0.1) is 0 Å². The number of anilines is 1. The van der Waals surface area contributed by atoms with Gasteiger partial charge in [-0.05, 0) is 25.1 Å². The van der Waals surface area contributed by atoms with Gasteiger partial charge in [-0.2, -0.15) is 0 Å². The van der Waals surface area contributed by atoms with E-state index in [1.165, 1.54) is 7.05 Å². The summed E-state index contributed by atoms with van der Waals surface area (Å²) < 4.78 is 0. The van der Waals surface area contributed by atoms with Crippen molar-refractivity contribution >= 4 is 29.1 Å². The third-order valence-corrected chi connectivity index (χ3v) is 2.52. The van der Waals surface area contributed by atoms with Crippen LogP contribution in [-0.2, 0) is 4.79 Å². The van der Waals surface area contributed by atoms with Gasteiger partial charge in [-0.1, -0.05) is 11.6 Å². The molecule has 0 unspecified atom stereocenters. The SMILES string of the molecule is CCNc1ccc(Cl)cc1C(=O)NCC(=O)NC. The maximum Gasteiger partial charge on any atom is 0.253 e. The number of amides is 2. The van der Waals surface area contributed by atoms with Crippen molar-refractivity contribution in [1.29, 1.82) is 0 Å². The maximum atomic E-state index is 11.9. The van der Waals surface area contributed by atoms with Gasteiger partial charge in [0.1, 0.15) is 0 Å². The fourth-order valence-electron chi connectivity index (χ4n) is 1.39. The summed E-state index contributed by atoms with van der Waals surface area (Å²) >= 11 is 5.86. The number of benzene rings is 1. The van der Waals surface area contributed by atoms with E-state index < -0.39 is 0 Å². The van der Waals surface area contributed by atoms with Crippen LogP contribution in [0, 0.1) is 0 Å². The molecule has 3 N–H and O–H groups in total. The van der Waals surface area contributed by atoms with E-state index in [4.69, 9.17) is 11.6 Å². The smallest absolute Gasteiger partial charge is 0.253 e. The van der Waals surface area contributed by atoms with E-state index in [1.807, 2.05) is 6.92 Å². The van der Waals surface area contributed by atoms with Crippen LogP contribution in [0.2, 0.25) is 5.02 Å². The highest BCUT2D eigenvalue weighted by Gasteiger charge is 2.12. The van der Waals surface area contributed by atoms with E-state index in [0.717, 1.165) is 0 Å². The average Bonchev–Trinajstić information content (AvgIpc) is 2.37. The Labute approximate surface area is 111 Å². The second-order valence-corrected chi connectivity index (χ2v) is 4.01. The molecule has 1 aromatic carbocycles. The number of carbonyl (C=O) groups excluding carboxylic acids is 2. The first-order valence-corrected chi connectivity index (χ1v) is 5.98. The van der Waals surface area contributed by atoms with Gasteiger partial charge in [0, 0.05) is 24.3 Å². The summed E-state index contributed by atoms with van der Waals surface area (Å²) in [5.41, 5.74) is 1.12. The minimum atomic E-state index is -0.336. The van der Waals surface area contributed by atoms with Crippen molar-refractivity contribution in [2.24, 2.45) is 0 Å². The molecule has 0 aliphatic carbocycles. The molecule has 5 nitrogen and oxygen atoms in total. The Morgan fingerprint density at radius 1 is 1.33 bits per heavy atom. The molecule has 0 saturated heterocycles. The first kappa shape index (κ1) is 14.3. The molecule has 18 heavy (non-hydrogen) atoms. The van der Waals surface area contributed by atoms with E-state index in [0.29, 0.717) is 22.8 Å². The molecule has 0 aliphatic rings. The predicted molar refractivity (Wildman–Crippen MR) is 72.0 cm³/mol. The number of likely N-dealkylation sites (N-methyl/N-ethyl adjacent to an activating group) is 1. The standard InChI is InChI=1S/C12H16ClN3O2/c1-3-15-10-5-4-8(13)6-9(10)12(18)16-7-11(17)14-2/h4-6,15H,3,7H2,1-2H3,(H,14,17)(H,16,18). The van der Waals surface area contributed by atoms with Gasteiger partial charge in [0.25, 0.3) is 5.91 Å². The van der Waals surface area contributed by atoms with Crippen molar-refractivity contribution in [3.8, 4) is 0 Å². The molecule has 1 aromatic rings. The molecule has 1 rings (SSSR count). The third-order valence-electron chi connectivity index (χ3n) is 2.28. The molecule has 0 aromatic heterocycles. The van der Waals surface area contributed by atoms with E-state index in [2.05, 4.69) is 16.0 Å². The molecule has 0 radical (unpaired) electrons. The Kier molecular flexibility index (Phi) is 5.45. The van der Waals surface area contributed by atoms with Gasteiger partial charge < -0.3 is 16.0 Å². The number of carbonyl (C=O) groups is 2. The molecule has 98 valence electrons. The quantitative estimate of drug-likeness (QED) is 0.753. The lowest BCUT2D eigenvalue weighted by Crippen LogP contribution is -2.35. The zero-order chi connectivity index (χ0) is 13.5. The van der Waals surface area contributed by atoms with Gasteiger partial charge >= 0.3 is 0 Å². The number of rotatable bonds is 5. The summed E-state index contributed by atoms with van der Waals surface area (Å²) in [5.74, 6) is -0.590. The number of nitrogens with one attached hydrogen (secondary N) is 3. The molecule has 0 bridgehead atoms. The summed E-state index contributed by atoms with van der Waals surface area (Å²) in [5, 5.41) is 8.49. The maximum absolute atomic E-state index is 11.9. The first-order valence-electron chi connectivity index (χ1n) is 5.60. The molecule has 6 heteroatoms. The number of hydrogen-bond donors (Lipinski definition) is 3. The molecule has 0 spiro atoms. The largest absolute Gasteiger partial charge is 0.385 e. The predicted octanol–water partition coefficient (Wildman–Crippen LogP) is 1.25. The van der Waals surface area contributed by atoms with Crippen molar-refractivity contribution in [1.82, 2.24) is 10.6 Å². The van der Waals surface area contributed by atoms with Crippen molar-refractivity contribution < 1.29 is 9.59 Å². The summed E-state index contributed by atoms with van der Waals surface area (Å²) in [6.45, 7) is 2.56. The van der Waals surface area contributed by atoms with Crippen LogP contribution in [-0.4, -0.2) is 32.0 Å². The molecule has 0 saturated carbocycles. The molecular formula is C12H16ClN3O2. The molecule has 0 heterocycles. The van der Waals surface area contributed by atoms with Crippen molar-refractivity contribution in [3.63, 3.8) is 0 Å². The van der Waals surface area contributed by atoms with Crippen LogP contribution >= 0.6 is 11.6 Å². The highest BCUT2D eigenvalue weighted by Crippen LogP contribution is 2.20. The van der Waals surface area contributed by atoms with Crippen LogP contribution in [0.3, 0.4) is 0 Å². The summed E-state index contributed by atoms with van der Waals surface area (Å²) in [6, 6.07) is 5.01. The minimum Gasteiger partial charge on any atom is -0.385 e.